The standard InChI is InChI=1S/C20H13BrN2O2S/c21-13-6-4-7-14(12-13)22-18-17(16-10-5-11-26-16)19(24)23(20(18)25)15-8-2-1-3-9-15/h1-12,22H. The van der Waals surface area contributed by atoms with Crippen LogP contribution >= 0.6 is 27.3 Å². The molecular formula is C20H13BrN2O2S. The van der Waals surface area contributed by atoms with Crippen LogP contribution in [-0.4, -0.2) is 11.8 Å². The van der Waals surface area contributed by atoms with Crippen LogP contribution in [0.4, 0.5) is 11.4 Å². The molecule has 0 fully saturated rings. The second-order valence-electron chi connectivity index (χ2n) is 5.64. The van der Waals surface area contributed by atoms with Crippen molar-refractivity contribution >= 4 is 56.0 Å². The van der Waals surface area contributed by atoms with Crippen LogP contribution in [0, 0.1) is 0 Å². The number of hydrogen-bond acceptors (Lipinski definition) is 4. The summed E-state index contributed by atoms with van der Waals surface area (Å²) in [5.74, 6) is -0.675. The Hall–Kier alpha value is -2.70. The van der Waals surface area contributed by atoms with Gasteiger partial charge in [0.1, 0.15) is 5.70 Å². The molecule has 2 aromatic carbocycles. The first-order valence-corrected chi connectivity index (χ1v) is 9.57. The van der Waals surface area contributed by atoms with Gasteiger partial charge in [0.2, 0.25) is 0 Å². The zero-order chi connectivity index (χ0) is 18.1. The molecule has 1 N–H and O–H groups in total. The minimum absolute atomic E-state index is 0.291. The van der Waals surface area contributed by atoms with E-state index in [1.807, 2.05) is 47.8 Å². The highest BCUT2D eigenvalue weighted by Gasteiger charge is 2.40. The fourth-order valence-corrected chi connectivity index (χ4v) is 3.98. The summed E-state index contributed by atoms with van der Waals surface area (Å²) >= 11 is 4.86. The molecule has 4 nitrogen and oxygen atoms in total. The molecule has 1 aliphatic rings. The minimum atomic E-state index is -0.357. The number of imide groups is 1. The van der Waals surface area contributed by atoms with E-state index in [4.69, 9.17) is 0 Å². The molecule has 0 unspecified atom stereocenters. The molecule has 0 aliphatic carbocycles. The zero-order valence-corrected chi connectivity index (χ0v) is 15.9. The molecule has 1 aromatic heterocycles. The fraction of sp³-hybridized carbons (Fsp3) is 0. The van der Waals surface area contributed by atoms with Crippen LogP contribution in [0.3, 0.4) is 0 Å². The quantitative estimate of drug-likeness (QED) is 0.605. The fourth-order valence-electron chi connectivity index (χ4n) is 2.82. The third kappa shape index (κ3) is 2.98. The minimum Gasteiger partial charge on any atom is -0.350 e. The van der Waals surface area contributed by atoms with Crippen LogP contribution in [0.15, 0.2) is 82.3 Å². The number of thiophene rings is 1. The number of carbonyl (C=O) groups is 2. The van der Waals surface area contributed by atoms with Crippen molar-refractivity contribution in [2.45, 2.75) is 0 Å². The lowest BCUT2D eigenvalue weighted by Crippen LogP contribution is -2.32. The van der Waals surface area contributed by atoms with Crippen molar-refractivity contribution in [1.82, 2.24) is 0 Å². The van der Waals surface area contributed by atoms with E-state index in [2.05, 4.69) is 21.2 Å². The summed E-state index contributed by atoms with van der Waals surface area (Å²) in [4.78, 5) is 28.2. The van der Waals surface area contributed by atoms with Crippen LogP contribution in [0.2, 0.25) is 0 Å². The molecular weight excluding hydrogens is 412 g/mol. The summed E-state index contributed by atoms with van der Waals surface area (Å²) in [5, 5.41) is 5.04. The lowest BCUT2D eigenvalue weighted by molar-refractivity contribution is -0.120. The highest BCUT2D eigenvalue weighted by molar-refractivity contribution is 9.10. The van der Waals surface area contributed by atoms with E-state index in [-0.39, 0.29) is 11.8 Å². The van der Waals surface area contributed by atoms with Gasteiger partial charge in [0, 0.05) is 15.0 Å². The largest absolute Gasteiger partial charge is 0.350 e. The smallest absolute Gasteiger partial charge is 0.282 e. The van der Waals surface area contributed by atoms with Gasteiger partial charge in [0.15, 0.2) is 0 Å². The molecule has 4 rings (SSSR count). The number of hydrogen-bond donors (Lipinski definition) is 1. The summed E-state index contributed by atoms with van der Waals surface area (Å²) < 4.78 is 0.887. The molecule has 0 spiro atoms. The summed E-state index contributed by atoms with van der Waals surface area (Å²) in [5.41, 5.74) is 1.98. The van der Waals surface area contributed by atoms with E-state index >= 15 is 0 Å². The molecule has 128 valence electrons. The number of para-hydroxylation sites is 1. The van der Waals surface area contributed by atoms with Gasteiger partial charge in [0.05, 0.1) is 11.3 Å². The first kappa shape index (κ1) is 16.8. The van der Waals surface area contributed by atoms with Crippen molar-refractivity contribution in [3.63, 3.8) is 0 Å². The first-order chi connectivity index (χ1) is 12.6. The van der Waals surface area contributed by atoms with E-state index in [1.165, 1.54) is 16.2 Å². The Morgan fingerprint density at radius 2 is 1.69 bits per heavy atom. The van der Waals surface area contributed by atoms with Crippen molar-refractivity contribution in [3.8, 4) is 0 Å². The number of anilines is 2. The average Bonchev–Trinajstić information content (AvgIpc) is 3.23. The van der Waals surface area contributed by atoms with Crippen LogP contribution in [0.1, 0.15) is 4.88 Å². The molecule has 0 saturated carbocycles. The second kappa shape index (κ2) is 6.90. The Kier molecular flexibility index (Phi) is 4.44. The number of amides is 2. The van der Waals surface area contributed by atoms with Gasteiger partial charge in [-0.3, -0.25) is 9.59 Å². The summed E-state index contributed by atoms with van der Waals surface area (Å²) in [7, 11) is 0. The van der Waals surface area contributed by atoms with Gasteiger partial charge in [-0.15, -0.1) is 11.3 Å². The van der Waals surface area contributed by atoms with E-state index in [9.17, 15) is 9.59 Å². The molecule has 0 radical (unpaired) electrons. The normalized spacial score (nSPS) is 14.3. The van der Waals surface area contributed by atoms with Gasteiger partial charge in [-0.25, -0.2) is 4.90 Å². The highest BCUT2D eigenvalue weighted by Crippen LogP contribution is 2.35. The van der Waals surface area contributed by atoms with Gasteiger partial charge in [0.25, 0.3) is 11.8 Å². The maximum atomic E-state index is 13.1. The number of benzene rings is 2. The molecule has 2 heterocycles. The van der Waals surface area contributed by atoms with Crippen molar-refractivity contribution in [1.29, 1.82) is 0 Å². The van der Waals surface area contributed by atoms with Gasteiger partial charge in [-0.1, -0.05) is 46.3 Å². The number of carbonyl (C=O) groups excluding carboxylic acids is 2. The number of nitrogens with zero attached hydrogens (tertiary/aromatic N) is 1. The summed E-state index contributed by atoms with van der Waals surface area (Å²) in [6.07, 6.45) is 0. The lowest BCUT2D eigenvalue weighted by Gasteiger charge is -2.15. The number of halogens is 1. The summed E-state index contributed by atoms with van der Waals surface area (Å²) in [6, 6.07) is 20.2. The van der Waals surface area contributed by atoms with Crippen molar-refractivity contribution in [2.75, 3.05) is 10.2 Å². The maximum Gasteiger partial charge on any atom is 0.282 e. The molecule has 0 atom stereocenters. The molecule has 0 bridgehead atoms. The predicted octanol–water partition coefficient (Wildman–Crippen LogP) is 4.91. The van der Waals surface area contributed by atoms with E-state index in [0.717, 1.165) is 15.0 Å². The Morgan fingerprint density at radius 3 is 2.38 bits per heavy atom. The average molecular weight is 425 g/mol. The summed E-state index contributed by atoms with van der Waals surface area (Å²) in [6.45, 7) is 0. The predicted molar refractivity (Wildman–Crippen MR) is 108 cm³/mol. The lowest BCUT2D eigenvalue weighted by atomic mass is 10.2. The third-order valence-corrected chi connectivity index (χ3v) is 5.34. The number of rotatable bonds is 4. The van der Waals surface area contributed by atoms with Gasteiger partial charge in [-0.05, 0) is 41.8 Å². The Balaban J connectivity index is 1.81. The van der Waals surface area contributed by atoms with E-state index in [1.54, 1.807) is 24.3 Å². The van der Waals surface area contributed by atoms with E-state index < -0.39 is 0 Å². The van der Waals surface area contributed by atoms with E-state index in [0.29, 0.717) is 17.0 Å². The molecule has 0 saturated heterocycles. The molecule has 3 aromatic rings. The molecule has 6 heteroatoms. The SMILES string of the molecule is O=C1C(Nc2cccc(Br)c2)=C(c2cccs2)C(=O)N1c1ccccc1. The molecule has 26 heavy (non-hydrogen) atoms. The third-order valence-electron chi connectivity index (χ3n) is 3.96. The Morgan fingerprint density at radius 1 is 0.885 bits per heavy atom. The monoisotopic (exact) mass is 424 g/mol. The topological polar surface area (TPSA) is 49.4 Å². The van der Waals surface area contributed by atoms with Crippen LogP contribution in [0.5, 0.6) is 0 Å². The van der Waals surface area contributed by atoms with Gasteiger partial charge in [-0.2, -0.15) is 0 Å². The maximum absolute atomic E-state index is 13.1. The molecule has 1 aliphatic heterocycles. The van der Waals surface area contributed by atoms with Crippen LogP contribution < -0.4 is 10.2 Å². The highest BCUT2D eigenvalue weighted by atomic mass is 79.9. The molecule has 2 amide bonds. The first-order valence-electron chi connectivity index (χ1n) is 7.90. The zero-order valence-electron chi connectivity index (χ0n) is 13.5. The van der Waals surface area contributed by atoms with Crippen molar-refractivity contribution < 1.29 is 9.59 Å². The number of nitrogens with one attached hydrogen (secondary N) is 1. The Labute approximate surface area is 162 Å². The second-order valence-corrected chi connectivity index (χ2v) is 7.51. The van der Waals surface area contributed by atoms with Crippen molar-refractivity contribution in [2.24, 2.45) is 0 Å². The van der Waals surface area contributed by atoms with Crippen LogP contribution in [-0.2, 0) is 9.59 Å². The Bertz CT molecular complexity index is 1010. The van der Waals surface area contributed by atoms with Crippen molar-refractivity contribution in [3.05, 3.63) is 87.2 Å². The van der Waals surface area contributed by atoms with Crippen LogP contribution in [0.25, 0.3) is 5.57 Å². The van der Waals surface area contributed by atoms with Gasteiger partial charge < -0.3 is 5.32 Å². The van der Waals surface area contributed by atoms with Gasteiger partial charge >= 0.3 is 0 Å².